The molecular formula is C18H22N4O3S. The number of hydrogen-bond donors (Lipinski definition) is 0. The number of carbonyl (C=O) groups is 1. The fraction of sp³-hybridized carbons (Fsp3) is 0.389. The molecule has 1 unspecified atom stereocenters. The number of amides is 1. The van der Waals surface area contributed by atoms with E-state index in [-0.39, 0.29) is 29.1 Å². The average Bonchev–Trinajstić information content (AvgIpc) is 3.02. The quantitative estimate of drug-likeness (QED) is 0.793. The lowest BCUT2D eigenvalue weighted by atomic mass is 10.2. The second-order valence-electron chi connectivity index (χ2n) is 6.31. The molecular weight excluding hydrogens is 352 g/mol. The third-order valence-corrected chi connectivity index (χ3v) is 6.37. The summed E-state index contributed by atoms with van der Waals surface area (Å²) in [6.45, 7) is 2.42. The molecule has 8 heteroatoms. The van der Waals surface area contributed by atoms with Crippen molar-refractivity contribution in [2.24, 2.45) is 0 Å². The molecule has 1 fully saturated rings. The number of sulfone groups is 1. The predicted octanol–water partition coefficient (Wildman–Crippen LogP) is 1.77. The summed E-state index contributed by atoms with van der Waals surface area (Å²) in [6.07, 6.45) is 1.92. The number of para-hydroxylation sites is 1. The molecule has 2 aromatic rings. The van der Waals surface area contributed by atoms with E-state index in [1.165, 1.54) is 6.33 Å². The SMILES string of the molecule is CCN(C(=O)c1cc(N(C)C2CCS(=O)(=O)C2)ncn1)c1ccccc1. The van der Waals surface area contributed by atoms with Crippen LogP contribution in [-0.4, -0.2) is 55.4 Å². The number of anilines is 2. The summed E-state index contributed by atoms with van der Waals surface area (Å²) >= 11 is 0. The molecule has 1 aromatic heterocycles. The zero-order chi connectivity index (χ0) is 18.7. The minimum atomic E-state index is -2.99. The highest BCUT2D eigenvalue weighted by Gasteiger charge is 2.31. The van der Waals surface area contributed by atoms with Crippen LogP contribution in [0.5, 0.6) is 0 Å². The lowest BCUT2D eigenvalue weighted by molar-refractivity contribution is 0.0983. The van der Waals surface area contributed by atoms with Gasteiger partial charge in [0.2, 0.25) is 0 Å². The van der Waals surface area contributed by atoms with Gasteiger partial charge in [-0.3, -0.25) is 4.79 Å². The molecule has 1 aromatic carbocycles. The fourth-order valence-electron chi connectivity index (χ4n) is 3.11. The zero-order valence-corrected chi connectivity index (χ0v) is 15.7. The standard InChI is InChI=1S/C18H22N4O3S/c1-3-22(14-7-5-4-6-8-14)18(23)16-11-17(20-13-19-16)21(2)15-9-10-26(24,25)12-15/h4-8,11,13,15H,3,9-10,12H2,1-2H3. The number of aromatic nitrogens is 2. The summed E-state index contributed by atoms with van der Waals surface area (Å²) in [5, 5.41) is 0. The number of nitrogens with zero attached hydrogens (tertiary/aromatic N) is 4. The normalized spacial score (nSPS) is 18.5. The Morgan fingerprint density at radius 2 is 1.96 bits per heavy atom. The van der Waals surface area contributed by atoms with Crippen LogP contribution in [-0.2, 0) is 9.84 Å². The summed E-state index contributed by atoms with van der Waals surface area (Å²) < 4.78 is 23.4. The van der Waals surface area contributed by atoms with E-state index in [0.29, 0.717) is 18.8 Å². The van der Waals surface area contributed by atoms with E-state index in [9.17, 15) is 13.2 Å². The van der Waals surface area contributed by atoms with Gasteiger partial charge in [-0.25, -0.2) is 18.4 Å². The summed E-state index contributed by atoms with van der Waals surface area (Å²) in [4.78, 5) is 24.7. The van der Waals surface area contributed by atoms with Crippen molar-refractivity contribution in [3.63, 3.8) is 0 Å². The van der Waals surface area contributed by atoms with Crippen LogP contribution in [0.1, 0.15) is 23.8 Å². The highest BCUT2D eigenvalue weighted by atomic mass is 32.2. The first kappa shape index (κ1) is 18.3. The number of carbonyl (C=O) groups excluding carboxylic acids is 1. The Hall–Kier alpha value is -2.48. The second-order valence-corrected chi connectivity index (χ2v) is 8.54. The lowest BCUT2D eigenvalue weighted by Gasteiger charge is -2.25. The fourth-order valence-corrected chi connectivity index (χ4v) is 4.89. The van der Waals surface area contributed by atoms with E-state index in [4.69, 9.17) is 0 Å². The summed E-state index contributed by atoms with van der Waals surface area (Å²) in [5.41, 5.74) is 1.09. The molecule has 0 radical (unpaired) electrons. The Balaban J connectivity index is 1.83. The first-order valence-corrected chi connectivity index (χ1v) is 10.4. The lowest BCUT2D eigenvalue weighted by Crippen LogP contribution is -2.34. The Morgan fingerprint density at radius 3 is 2.58 bits per heavy atom. The molecule has 0 aliphatic carbocycles. The molecule has 0 spiro atoms. The van der Waals surface area contributed by atoms with Gasteiger partial charge in [0.15, 0.2) is 9.84 Å². The van der Waals surface area contributed by atoms with E-state index in [0.717, 1.165) is 5.69 Å². The molecule has 1 aliphatic heterocycles. The number of benzene rings is 1. The van der Waals surface area contributed by atoms with Gasteiger partial charge in [0.25, 0.3) is 5.91 Å². The van der Waals surface area contributed by atoms with Crippen LogP contribution in [0, 0.1) is 0 Å². The number of rotatable bonds is 5. The third kappa shape index (κ3) is 3.85. The largest absolute Gasteiger partial charge is 0.356 e. The molecule has 0 bridgehead atoms. The van der Waals surface area contributed by atoms with Crippen LogP contribution in [0.2, 0.25) is 0 Å². The van der Waals surface area contributed by atoms with Crippen molar-refractivity contribution in [1.82, 2.24) is 9.97 Å². The van der Waals surface area contributed by atoms with Gasteiger partial charge in [0.05, 0.1) is 11.5 Å². The molecule has 1 amide bonds. The van der Waals surface area contributed by atoms with Gasteiger partial charge < -0.3 is 9.80 Å². The van der Waals surface area contributed by atoms with E-state index in [2.05, 4.69) is 9.97 Å². The zero-order valence-electron chi connectivity index (χ0n) is 14.9. The molecule has 3 rings (SSSR count). The summed E-state index contributed by atoms with van der Waals surface area (Å²) in [6, 6.07) is 10.9. The van der Waals surface area contributed by atoms with Crippen LogP contribution in [0.4, 0.5) is 11.5 Å². The highest BCUT2D eigenvalue weighted by molar-refractivity contribution is 7.91. The molecule has 2 heterocycles. The third-order valence-electron chi connectivity index (χ3n) is 4.62. The van der Waals surface area contributed by atoms with Crippen molar-refractivity contribution >= 4 is 27.2 Å². The molecule has 1 aliphatic rings. The molecule has 138 valence electrons. The maximum atomic E-state index is 12.9. The van der Waals surface area contributed by atoms with Gasteiger partial charge in [0.1, 0.15) is 17.8 Å². The van der Waals surface area contributed by atoms with Gasteiger partial charge in [-0.15, -0.1) is 0 Å². The van der Waals surface area contributed by atoms with Crippen molar-refractivity contribution in [3.8, 4) is 0 Å². The maximum Gasteiger partial charge on any atom is 0.277 e. The van der Waals surface area contributed by atoms with Gasteiger partial charge in [-0.1, -0.05) is 18.2 Å². The molecule has 7 nitrogen and oxygen atoms in total. The molecule has 26 heavy (non-hydrogen) atoms. The van der Waals surface area contributed by atoms with Gasteiger partial charge in [-0.05, 0) is 25.5 Å². The van der Waals surface area contributed by atoms with E-state index >= 15 is 0 Å². The van der Waals surface area contributed by atoms with Crippen LogP contribution in [0.3, 0.4) is 0 Å². The van der Waals surface area contributed by atoms with Gasteiger partial charge in [0, 0.05) is 31.4 Å². The Bertz CT molecular complexity index is 886. The minimum absolute atomic E-state index is 0.113. The van der Waals surface area contributed by atoms with Crippen LogP contribution >= 0.6 is 0 Å². The molecule has 1 atom stereocenters. The van der Waals surface area contributed by atoms with E-state index < -0.39 is 9.84 Å². The Labute approximate surface area is 153 Å². The molecule has 1 saturated heterocycles. The Kier molecular flexibility index (Phi) is 5.22. The van der Waals surface area contributed by atoms with E-state index in [1.54, 1.807) is 18.0 Å². The average molecular weight is 374 g/mol. The predicted molar refractivity (Wildman–Crippen MR) is 101 cm³/mol. The topological polar surface area (TPSA) is 83.5 Å². The van der Waals surface area contributed by atoms with Crippen LogP contribution < -0.4 is 9.80 Å². The maximum absolute atomic E-state index is 12.9. The van der Waals surface area contributed by atoms with Gasteiger partial charge in [-0.2, -0.15) is 0 Å². The van der Waals surface area contributed by atoms with Crippen LogP contribution in [0.15, 0.2) is 42.7 Å². The van der Waals surface area contributed by atoms with Crippen molar-refractivity contribution in [2.45, 2.75) is 19.4 Å². The van der Waals surface area contributed by atoms with Crippen molar-refractivity contribution < 1.29 is 13.2 Å². The highest BCUT2D eigenvalue weighted by Crippen LogP contribution is 2.22. The minimum Gasteiger partial charge on any atom is -0.356 e. The number of hydrogen-bond acceptors (Lipinski definition) is 6. The summed E-state index contributed by atoms with van der Waals surface area (Å²) in [7, 11) is -1.19. The smallest absolute Gasteiger partial charge is 0.277 e. The Morgan fingerprint density at radius 1 is 1.23 bits per heavy atom. The van der Waals surface area contributed by atoms with Crippen LogP contribution in [0.25, 0.3) is 0 Å². The van der Waals surface area contributed by atoms with Crippen molar-refractivity contribution in [2.75, 3.05) is 34.9 Å². The molecule has 0 N–H and O–H groups in total. The van der Waals surface area contributed by atoms with E-state index in [1.807, 2.05) is 42.2 Å². The monoisotopic (exact) mass is 374 g/mol. The van der Waals surface area contributed by atoms with Gasteiger partial charge >= 0.3 is 0 Å². The first-order chi connectivity index (χ1) is 12.4. The first-order valence-electron chi connectivity index (χ1n) is 8.53. The molecule has 0 saturated carbocycles. The second kappa shape index (κ2) is 7.41. The van der Waals surface area contributed by atoms with Crippen molar-refractivity contribution in [1.29, 1.82) is 0 Å². The summed E-state index contributed by atoms with van der Waals surface area (Å²) in [5.74, 6) is 0.641. The van der Waals surface area contributed by atoms with Crippen molar-refractivity contribution in [3.05, 3.63) is 48.4 Å².